The summed E-state index contributed by atoms with van der Waals surface area (Å²) in [5.74, 6) is 1.06. The third kappa shape index (κ3) is 1.06. The van der Waals surface area contributed by atoms with Gasteiger partial charge >= 0.3 is 0 Å². The highest BCUT2D eigenvalue weighted by Crippen LogP contribution is 2.18. The lowest BCUT2D eigenvalue weighted by Crippen LogP contribution is -2.02. The third-order valence-corrected chi connectivity index (χ3v) is 2.31. The summed E-state index contributed by atoms with van der Waals surface area (Å²) < 4.78 is 1.57. The van der Waals surface area contributed by atoms with E-state index >= 15 is 0 Å². The van der Waals surface area contributed by atoms with E-state index in [0.29, 0.717) is 11.8 Å². The minimum absolute atomic E-state index is 0.365. The number of para-hydroxylation sites is 1. The molecule has 0 saturated carbocycles. The minimum Gasteiger partial charge on any atom is -0.368 e. The Morgan fingerprint density at radius 1 is 1.20 bits per heavy atom. The predicted octanol–water partition coefficient (Wildman–Crippen LogP) is 1.17. The quantitative estimate of drug-likeness (QED) is 0.590. The fourth-order valence-electron chi connectivity index (χ4n) is 1.68. The molecule has 15 heavy (non-hydrogen) atoms. The number of hydrogen-bond acceptors (Lipinski definition) is 4. The van der Waals surface area contributed by atoms with Gasteiger partial charge in [-0.05, 0) is 19.1 Å². The molecule has 0 aliphatic heterocycles. The summed E-state index contributed by atoms with van der Waals surface area (Å²) in [6.07, 6.45) is 0. The predicted molar refractivity (Wildman–Crippen MR) is 57.4 cm³/mol. The number of hydrogen-bond donors (Lipinski definition) is 1. The van der Waals surface area contributed by atoms with Crippen LogP contribution in [0.4, 0.5) is 5.95 Å². The second kappa shape index (κ2) is 2.66. The number of nitrogens with zero attached hydrogens (tertiary/aromatic N) is 4. The van der Waals surface area contributed by atoms with Crippen molar-refractivity contribution in [2.24, 2.45) is 0 Å². The van der Waals surface area contributed by atoms with Crippen LogP contribution in [0.1, 0.15) is 5.82 Å². The van der Waals surface area contributed by atoms with Crippen molar-refractivity contribution in [3.05, 3.63) is 30.1 Å². The summed E-state index contributed by atoms with van der Waals surface area (Å²) in [6, 6.07) is 7.75. The standard InChI is InChI=1S/C10H9N5/c1-6-12-9-7-4-2-3-5-8(7)13-10(11)15(9)14-6/h2-5H,1H3,(H2,11,13). The Kier molecular flexibility index (Phi) is 1.45. The number of fused-ring (bicyclic) bond motifs is 3. The molecule has 1 aromatic carbocycles. The van der Waals surface area contributed by atoms with E-state index in [-0.39, 0.29) is 0 Å². The molecular weight excluding hydrogens is 190 g/mol. The molecule has 0 spiro atoms. The number of aryl methyl sites for hydroxylation is 1. The number of nitrogen functional groups attached to an aromatic ring is 1. The lowest BCUT2D eigenvalue weighted by atomic mass is 10.2. The first-order valence-corrected chi connectivity index (χ1v) is 4.63. The highest BCUT2D eigenvalue weighted by Gasteiger charge is 2.08. The summed E-state index contributed by atoms with van der Waals surface area (Å²) in [5, 5.41) is 5.15. The van der Waals surface area contributed by atoms with Crippen LogP contribution in [0.5, 0.6) is 0 Å². The molecule has 0 aliphatic rings. The molecule has 0 unspecified atom stereocenters. The summed E-state index contributed by atoms with van der Waals surface area (Å²) in [7, 11) is 0. The van der Waals surface area contributed by atoms with E-state index < -0.39 is 0 Å². The van der Waals surface area contributed by atoms with Gasteiger partial charge in [-0.15, -0.1) is 5.10 Å². The molecule has 5 nitrogen and oxygen atoms in total. The molecule has 3 rings (SSSR count). The zero-order chi connectivity index (χ0) is 10.4. The van der Waals surface area contributed by atoms with Crippen molar-refractivity contribution in [3.63, 3.8) is 0 Å². The number of anilines is 1. The Labute approximate surface area is 85.6 Å². The smallest absolute Gasteiger partial charge is 0.223 e. The van der Waals surface area contributed by atoms with E-state index in [4.69, 9.17) is 5.73 Å². The van der Waals surface area contributed by atoms with Crippen molar-refractivity contribution in [3.8, 4) is 0 Å². The van der Waals surface area contributed by atoms with Crippen LogP contribution in [0.15, 0.2) is 24.3 Å². The first-order valence-electron chi connectivity index (χ1n) is 4.63. The molecule has 0 atom stereocenters. The van der Waals surface area contributed by atoms with Gasteiger partial charge in [0.05, 0.1) is 5.52 Å². The molecular formula is C10H9N5. The van der Waals surface area contributed by atoms with Gasteiger partial charge in [-0.1, -0.05) is 12.1 Å². The molecule has 0 amide bonds. The van der Waals surface area contributed by atoms with Gasteiger partial charge in [0, 0.05) is 5.39 Å². The topological polar surface area (TPSA) is 69.1 Å². The average Bonchev–Trinajstić information content (AvgIpc) is 2.61. The molecule has 0 fully saturated rings. The Hall–Kier alpha value is -2.17. The van der Waals surface area contributed by atoms with Crippen molar-refractivity contribution < 1.29 is 0 Å². The van der Waals surface area contributed by atoms with Crippen LogP contribution in [0.2, 0.25) is 0 Å². The third-order valence-electron chi connectivity index (χ3n) is 2.31. The maximum Gasteiger partial charge on any atom is 0.223 e. The van der Waals surface area contributed by atoms with Crippen LogP contribution in [-0.4, -0.2) is 19.6 Å². The molecule has 2 aromatic heterocycles. The molecule has 2 heterocycles. The van der Waals surface area contributed by atoms with Crippen LogP contribution in [-0.2, 0) is 0 Å². The van der Waals surface area contributed by atoms with Crippen molar-refractivity contribution in [2.75, 3.05) is 5.73 Å². The maximum atomic E-state index is 5.78. The summed E-state index contributed by atoms with van der Waals surface area (Å²) in [4.78, 5) is 8.59. The zero-order valence-electron chi connectivity index (χ0n) is 8.18. The molecule has 0 radical (unpaired) electrons. The van der Waals surface area contributed by atoms with E-state index in [1.807, 2.05) is 31.2 Å². The Balaban J connectivity index is 2.63. The Bertz CT molecular complexity index is 655. The van der Waals surface area contributed by atoms with Gasteiger partial charge in [0.25, 0.3) is 0 Å². The van der Waals surface area contributed by atoms with E-state index in [9.17, 15) is 0 Å². The fraction of sp³-hybridized carbons (Fsp3) is 0.100. The SMILES string of the molecule is Cc1nc2c3ccccc3nc(N)n2n1. The van der Waals surface area contributed by atoms with Gasteiger partial charge in [0.2, 0.25) is 5.95 Å². The van der Waals surface area contributed by atoms with Crippen LogP contribution >= 0.6 is 0 Å². The van der Waals surface area contributed by atoms with E-state index in [1.54, 1.807) is 4.52 Å². The first kappa shape index (κ1) is 8.16. The van der Waals surface area contributed by atoms with Gasteiger partial charge in [0.15, 0.2) is 5.65 Å². The van der Waals surface area contributed by atoms with E-state index in [1.165, 1.54) is 0 Å². The second-order valence-corrected chi connectivity index (χ2v) is 3.38. The van der Waals surface area contributed by atoms with Crippen LogP contribution in [0.25, 0.3) is 16.6 Å². The van der Waals surface area contributed by atoms with E-state index in [0.717, 1.165) is 16.6 Å². The molecule has 74 valence electrons. The van der Waals surface area contributed by atoms with Gasteiger partial charge in [-0.2, -0.15) is 4.52 Å². The lowest BCUT2D eigenvalue weighted by molar-refractivity contribution is 0.923. The Morgan fingerprint density at radius 3 is 2.87 bits per heavy atom. The normalized spacial score (nSPS) is 11.3. The monoisotopic (exact) mass is 199 g/mol. The van der Waals surface area contributed by atoms with Gasteiger partial charge < -0.3 is 5.73 Å². The lowest BCUT2D eigenvalue weighted by Gasteiger charge is -2.00. The molecule has 0 aliphatic carbocycles. The van der Waals surface area contributed by atoms with Gasteiger partial charge in [0.1, 0.15) is 5.82 Å². The second-order valence-electron chi connectivity index (χ2n) is 3.38. The highest BCUT2D eigenvalue weighted by molar-refractivity contribution is 5.91. The van der Waals surface area contributed by atoms with E-state index in [2.05, 4.69) is 15.1 Å². The van der Waals surface area contributed by atoms with Crippen molar-refractivity contribution in [2.45, 2.75) is 6.92 Å². The maximum absolute atomic E-state index is 5.78. The Morgan fingerprint density at radius 2 is 2.00 bits per heavy atom. The largest absolute Gasteiger partial charge is 0.368 e. The molecule has 5 heteroatoms. The molecule has 0 saturated heterocycles. The van der Waals surface area contributed by atoms with Gasteiger partial charge in [-0.3, -0.25) is 0 Å². The summed E-state index contributed by atoms with van der Waals surface area (Å²) in [6.45, 7) is 1.83. The van der Waals surface area contributed by atoms with Crippen molar-refractivity contribution in [1.82, 2.24) is 19.6 Å². The van der Waals surface area contributed by atoms with Crippen LogP contribution in [0, 0.1) is 6.92 Å². The number of rotatable bonds is 0. The number of benzene rings is 1. The van der Waals surface area contributed by atoms with Crippen molar-refractivity contribution in [1.29, 1.82) is 0 Å². The van der Waals surface area contributed by atoms with Crippen molar-refractivity contribution >= 4 is 22.5 Å². The molecule has 0 bridgehead atoms. The minimum atomic E-state index is 0.365. The molecule has 3 aromatic rings. The number of nitrogens with two attached hydrogens (primary N) is 1. The van der Waals surface area contributed by atoms with Gasteiger partial charge in [-0.25, -0.2) is 9.97 Å². The van der Waals surface area contributed by atoms with Crippen LogP contribution < -0.4 is 5.73 Å². The highest BCUT2D eigenvalue weighted by atomic mass is 15.3. The molecule has 2 N–H and O–H groups in total. The average molecular weight is 199 g/mol. The summed E-state index contributed by atoms with van der Waals surface area (Å²) in [5.41, 5.74) is 7.39. The first-order chi connectivity index (χ1) is 7.25. The van der Waals surface area contributed by atoms with Crippen LogP contribution in [0.3, 0.4) is 0 Å². The zero-order valence-corrected chi connectivity index (χ0v) is 8.18. The number of aromatic nitrogens is 4. The summed E-state index contributed by atoms with van der Waals surface area (Å²) >= 11 is 0. The fourth-order valence-corrected chi connectivity index (χ4v) is 1.68.